The molecule has 0 atom stereocenters. The molecule has 0 fully saturated rings. The van der Waals surface area contributed by atoms with E-state index in [1.165, 1.54) is 27.1 Å². The Morgan fingerprint density at radius 1 is 0.677 bits per heavy atom. The van der Waals surface area contributed by atoms with Crippen molar-refractivity contribution in [1.82, 2.24) is 15.0 Å². The quantitative estimate of drug-likeness (QED) is 0.275. The molecule has 0 saturated carbocycles. The fourth-order valence-corrected chi connectivity index (χ4v) is 4.96. The minimum Gasteiger partial charge on any atom is -0.313 e. The van der Waals surface area contributed by atoms with Crippen molar-refractivity contribution >= 4 is 46.9 Å². The molecule has 0 radical (unpaired) electrons. The molecular weight excluding hydrogens is 440 g/mol. The number of nitrogens with zero attached hydrogens (tertiary/aromatic N) is 4. The Morgan fingerprint density at radius 2 is 1.35 bits per heavy atom. The first-order chi connectivity index (χ1) is 15.1. The molecule has 3 aromatic carbocycles. The van der Waals surface area contributed by atoms with Gasteiger partial charge in [0.15, 0.2) is 10.3 Å². The summed E-state index contributed by atoms with van der Waals surface area (Å²) < 4.78 is 0. The van der Waals surface area contributed by atoms with E-state index in [0.29, 0.717) is 16.3 Å². The zero-order chi connectivity index (χ0) is 21.6. The van der Waals surface area contributed by atoms with E-state index < -0.39 is 0 Å². The Bertz CT molecular complexity index is 1150. The van der Waals surface area contributed by atoms with Gasteiger partial charge in [0.1, 0.15) is 0 Å². The predicted molar refractivity (Wildman–Crippen MR) is 132 cm³/mol. The summed E-state index contributed by atoms with van der Waals surface area (Å²) in [5.41, 5.74) is 2.31. The van der Waals surface area contributed by atoms with Gasteiger partial charge in [-0.05, 0) is 73.5 Å². The van der Waals surface area contributed by atoms with Crippen molar-refractivity contribution < 1.29 is 0 Å². The maximum Gasteiger partial charge on any atom is 0.234 e. The fraction of sp³-hybridized carbons (Fsp3) is 0.125. The van der Waals surface area contributed by atoms with Gasteiger partial charge < -0.3 is 4.90 Å². The zero-order valence-corrected chi connectivity index (χ0v) is 20.0. The number of aromatic nitrogens is 3. The monoisotopic (exact) mass is 462 g/mol. The second-order valence-electron chi connectivity index (χ2n) is 6.79. The fourth-order valence-electron chi connectivity index (χ4n) is 2.88. The van der Waals surface area contributed by atoms with Gasteiger partial charge in [-0.15, -0.1) is 0 Å². The summed E-state index contributed by atoms with van der Waals surface area (Å²) in [4.78, 5) is 19.4. The molecular formula is C24H22N4S3. The van der Waals surface area contributed by atoms with Crippen molar-refractivity contribution in [2.45, 2.75) is 31.9 Å². The molecule has 0 N–H and O–H groups in total. The Hall–Kier alpha value is -2.48. The van der Waals surface area contributed by atoms with Crippen molar-refractivity contribution in [3.8, 4) is 0 Å². The SMILES string of the molecule is CSc1nc(Sc2ccc(Sc3cccc(C)c3)cc2)nc(N(C)c2ccccc2)n1. The van der Waals surface area contributed by atoms with Crippen LogP contribution in [-0.2, 0) is 0 Å². The first kappa shape index (κ1) is 21.7. The summed E-state index contributed by atoms with van der Waals surface area (Å²) >= 11 is 4.84. The molecule has 0 aliphatic heterocycles. The minimum atomic E-state index is 0.639. The number of hydrogen-bond donors (Lipinski definition) is 0. The number of para-hydroxylation sites is 1. The topological polar surface area (TPSA) is 41.9 Å². The molecule has 0 aliphatic carbocycles. The number of rotatable bonds is 7. The highest BCUT2D eigenvalue weighted by molar-refractivity contribution is 8.00. The van der Waals surface area contributed by atoms with Gasteiger partial charge in [0.25, 0.3) is 0 Å². The summed E-state index contributed by atoms with van der Waals surface area (Å²) in [6.07, 6.45) is 1.98. The van der Waals surface area contributed by atoms with Crippen LogP contribution in [0.15, 0.2) is 104 Å². The van der Waals surface area contributed by atoms with Crippen molar-refractivity contribution in [1.29, 1.82) is 0 Å². The number of anilines is 2. The molecule has 0 aliphatic rings. The summed E-state index contributed by atoms with van der Waals surface area (Å²) in [5.74, 6) is 0.639. The maximum atomic E-state index is 4.70. The molecule has 0 bridgehead atoms. The molecule has 1 heterocycles. The standard InChI is InChI=1S/C24H22N4S3/c1-17-8-7-11-21(16-17)30-19-12-14-20(15-13-19)31-24-26-22(25-23(27-24)29-3)28(2)18-9-5-4-6-10-18/h4-16H,1-3H3. The van der Waals surface area contributed by atoms with Crippen molar-refractivity contribution in [2.24, 2.45) is 0 Å². The lowest BCUT2D eigenvalue weighted by molar-refractivity contribution is 0.791. The average molecular weight is 463 g/mol. The first-order valence-electron chi connectivity index (χ1n) is 9.72. The van der Waals surface area contributed by atoms with Crippen LogP contribution >= 0.6 is 35.3 Å². The molecule has 4 aromatic rings. The van der Waals surface area contributed by atoms with Gasteiger partial charge in [-0.3, -0.25) is 0 Å². The lowest BCUT2D eigenvalue weighted by atomic mass is 10.2. The number of thioether (sulfide) groups is 1. The third kappa shape index (κ3) is 5.81. The summed E-state index contributed by atoms with van der Waals surface area (Å²) in [6, 6.07) is 27.2. The van der Waals surface area contributed by atoms with Gasteiger partial charge in [-0.1, -0.05) is 59.4 Å². The zero-order valence-electron chi connectivity index (χ0n) is 17.5. The second-order valence-corrected chi connectivity index (χ2v) is 9.75. The van der Waals surface area contributed by atoms with Gasteiger partial charge in [0, 0.05) is 27.4 Å². The molecule has 4 rings (SSSR count). The molecule has 0 amide bonds. The average Bonchev–Trinajstić information content (AvgIpc) is 2.80. The van der Waals surface area contributed by atoms with Crippen LogP contribution in [-0.4, -0.2) is 28.3 Å². The third-order valence-corrected chi connectivity index (χ3v) is 6.88. The highest BCUT2D eigenvalue weighted by atomic mass is 32.2. The predicted octanol–water partition coefficient (Wildman–Crippen LogP) is 6.97. The van der Waals surface area contributed by atoms with E-state index in [1.54, 1.807) is 23.5 Å². The first-order valence-corrected chi connectivity index (χ1v) is 12.6. The van der Waals surface area contributed by atoms with Crippen LogP contribution in [0.2, 0.25) is 0 Å². The molecule has 0 unspecified atom stereocenters. The second kappa shape index (κ2) is 10.2. The normalized spacial score (nSPS) is 10.8. The highest BCUT2D eigenvalue weighted by Gasteiger charge is 2.13. The van der Waals surface area contributed by atoms with E-state index in [0.717, 1.165) is 10.6 Å². The van der Waals surface area contributed by atoms with Crippen LogP contribution in [0.1, 0.15) is 5.56 Å². The van der Waals surface area contributed by atoms with Crippen LogP contribution in [0.4, 0.5) is 11.6 Å². The Labute approximate surface area is 195 Å². The largest absolute Gasteiger partial charge is 0.313 e. The lowest BCUT2D eigenvalue weighted by Crippen LogP contribution is -2.14. The van der Waals surface area contributed by atoms with Crippen LogP contribution in [0.25, 0.3) is 0 Å². The van der Waals surface area contributed by atoms with Gasteiger partial charge in [-0.25, -0.2) is 0 Å². The van der Waals surface area contributed by atoms with E-state index in [-0.39, 0.29) is 0 Å². The highest BCUT2D eigenvalue weighted by Crippen LogP contribution is 2.32. The van der Waals surface area contributed by atoms with E-state index in [2.05, 4.69) is 65.4 Å². The molecule has 7 heteroatoms. The number of hydrogen-bond acceptors (Lipinski definition) is 7. The summed E-state index contributed by atoms with van der Waals surface area (Å²) in [6.45, 7) is 2.12. The maximum absolute atomic E-state index is 4.70. The van der Waals surface area contributed by atoms with Crippen LogP contribution < -0.4 is 4.90 Å². The molecule has 156 valence electrons. The van der Waals surface area contributed by atoms with Gasteiger partial charge in [0.2, 0.25) is 5.95 Å². The Balaban J connectivity index is 1.52. The minimum absolute atomic E-state index is 0.639. The smallest absolute Gasteiger partial charge is 0.234 e. The third-order valence-electron chi connectivity index (χ3n) is 4.47. The van der Waals surface area contributed by atoms with E-state index in [1.807, 2.05) is 48.5 Å². The van der Waals surface area contributed by atoms with Gasteiger partial charge >= 0.3 is 0 Å². The van der Waals surface area contributed by atoms with Crippen molar-refractivity contribution in [3.05, 3.63) is 84.4 Å². The Kier molecular flexibility index (Phi) is 7.17. The molecule has 31 heavy (non-hydrogen) atoms. The molecule has 0 spiro atoms. The lowest BCUT2D eigenvalue weighted by Gasteiger charge is -2.17. The summed E-state index contributed by atoms with van der Waals surface area (Å²) in [7, 11) is 1.97. The summed E-state index contributed by atoms with van der Waals surface area (Å²) in [5, 5.41) is 1.40. The van der Waals surface area contributed by atoms with Crippen LogP contribution in [0.5, 0.6) is 0 Å². The van der Waals surface area contributed by atoms with E-state index in [4.69, 9.17) is 4.98 Å². The van der Waals surface area contributed by atoms with Crippen molar-refractivity contribution in [3.63, 3.8) is 0 Å². The van der Waals surface area contributed by atoms with Crippen LogP contribution in [0, 0.1) is 6.92 Å². The number of aryl methyl sites for hydroxylation is 1. The van der Waals surface area contributed by atoms with Gasteiger partial charge in [0.05, 0.1) is 0 Å². The molecule has 1 aromatic heterocycles. The molecule has 0 saturated heterocycles. The Morgan fingerprint density at radius 3 is 2.03 bits per heavy atom. The van der Waals surface area contributed by atoms with Crippen LogP contribution in [0.3, 0.4) is 0 Å². The number of benzene rings is 3. The van der Waals surface area contributed by atoms with Crippen molar-refractivity contribution in [2.75, 3.05) is 18.2 Å². The molecule has 4 nitrogen and oxygen atoms in total. The van der Waals surface area contributed by atoms with E-state index in [9.17, 15) is 0 Å². The van der Waals surface area contributed by atoms with Gasteiger partial charge in [-0.2, -0.15) is 15.0 Å². The van der Waals surface area contributed by atoms with E-state index >= 15 is 0 Å².